The van der Waals surface area contributed by atoms with Gasteiger partial charge in [0.25, 0.3) is 0 Å². The summed E-state index contributed by atoms with van der Waals surface area (Å²) in [4.78, 5) is 23.7. The Morgan fingerprint density at radius 2 is 1.97 bits per heavy atom. The second kappa shape index (κ2) is 12.1. The largest absolute Gasteiger partial charge is 0.478 e. The standard InChI is InChI=1S/C21H37NO7/c1-14(2)12-16(22-20(26)29-21(3,4)5)17(23)13-15(19(24)25)9-11-28-18-8-6-7-10-27-18/h13-14,16-18,23H,6-12H2,1-5H3,(H,22,26)(H,24,25)/t16-,17-,18?/m0/s1. The zero-order valence-corrected chi connectivity index (χ0v) is 18.3. The molecule has 1 fully saturated rings. The van der Waals surface area contributed by atoms with Crippen LogP contribution in [0.1, 0.15) is 66.7 Å². The monoisotopic (exact) mass is 415 g/mol. The molecule has 3 atom stereocenters. The zero-order chi connectivity index (χ0) is 22.0. The molecule has 1 unspecified atom stereocenters. The van der Waals surface area contributed by atoms with E-state index in [4.69, 9.17) is 14.2 Å². The van der Waals surface area contributed by atoms with Crippen LogP contribution in [0.15, 0.2) is 11.6 Å². The fraction of sp³-hybridized carbons (Fsp3) is 0.810. The first-order valence-corrected chi connectivity index (χ1v) is 10.3. The summed E-state index contributed by atoms with van der Waals surface area (Å²) < 4.78 is 16.3. The van der Waals surface area contributed by atoms with E-state index in [0.29, 0.717) is 13.0 Å². The number of ether oxygens (including phenoxy) is 3. The van der Waals surface area contributed by atoms with Crippen LogP contribution >= 0.6 is 0 Å². The summed E-state index contributed by atoms with van der Waals surface area (Å²) in [7, 11) is 0. The van der Waals surface area contributed by atoms with Crippen LogP contribution in [0.5, 0.6) is 0 Å². The van der Waals surface area contributed by atoms with Gasteiger partial charge in [0.15, 0.2) is 6.29 Å². The van der Waals surface area contributed by atoms with E-state index in [0.717, 1.165) is 19.3 Å². The van der Waals surface area contributed by atoms with Crippen molar-refractivity contribution < 1.29 is 34.0 Å². The Hall–Kier alpha value is -1.64. The molecule has 0 radical (unpaired) electrons. The number of carbonyl (C=O) groups excluding carboxylic acids is 1. The number of alkyl carbamates (subject to hydrolysis) is 1. The lowest BCUT2D eigenvalue weighted by molar-refractivity contribution is -0.162. The molecule has 0 aromatic rings. The van der Waals surface area contributed by atoms with Crippen molar-refractivity contribution in [2.75, 3.05) is 13.2 Å². The number of aliphatic hydroxyl groups excluding tert-OH is 1. The van der Waals surface area contributed by atoms with Crippen molar-refractivity contribution >= 4 is 12.1 Å². The fourth-order valence-corrected chi connectivity index (χ4v) is 2.98. The highest BCUT2D eigenvalue weighted by Gasteiger charge is 2.25. The van der Waals surface area contributed by atoms with Gasteiger partial charge in [0, 0.05) is 18.6 Å². The smallest absolute Gasteiger partial charge is 0.407 e. The summed E-state index contributed by atoms with van der Waals surface area (Å²) in [6.45, 7) is 9.99. The first-order chi connectivity index (χ1) is 13.5. The molecule has 1 amide bonds. The van der Waals surface area contributed by atoms with E-state index in [-0.39, 0.29) is 30.8 Å². The molecule has 0 aromatic heterocycles. The van der Waals surface area contributed by atoms with Crippen LogP contribution in [0.25, 0.3) is 0 Å². The highest BCUT2D eigenvalue weighted by atomic mass is 16.7. The van der Waals surface area contributed by atoms with Crippen LogP contribution in [-0.4, -0.2) is 59.5 Å². The molecule has 0 aliphatic carbocycles. The van der Waals surface area contributed by atoms with Gasteiger partial charge in [-0.1, -0.05) is 13.8 Å². The van der Waals surface area contributed by atoms with Gasteiger partial charge in [-0.15, -0.1) is 0 Å². The molecule has 0 bridgehead atoms. The van der Waals surface area contributed by atoms with Crippen LogP contribution in [0.4, 0.5) is 4.79 Å². The minimum absolute atomic E-state index is 0.0352. The molecule has 1 saturated heterocycles. The highest BCUT2D eigenvalue weighted by molar-refractivity contribution is 5.86. The summed E-state index contributed by atoms with van der Waals surface area (Å²) in [5.41, 5.74) is -0.633. The number of rotatable bonds is 10. The van der Waals surface area contributed by atoms with Gasteiger partial charge in [0.1, 0.15) is 5.60 Å². The number of hydrogen-bond donors (Lipinski definition) is 3. The summed E-state index contributed by atoms with van der Waals surface area (Å²) in [6.07, 6.45) is 2.59. The highest BCUT2D eigenvalue weighted by Crippen LogP contribution is 2.17. The molecule has 1 rings (SSSR count). The third-order valence-corrected chi connectivity index (χ3v) is 4.30. The third-order valence-electron chi connectivity index (χ3n) is 4.30. The first-order valence-electron chi connectivity index (χ1n) is 10.3. The normalized spacial score (nSPS) is 20.2. The fourth-order valence-electron chi connectivity index (χ4n) is 2.98. The van der Waals surface area contributed by atoms with Crippen LogP contribution in [0.3, 0.4) is 0 Å². The number of amides is 1. The lowest BCUT2D eigenvalue weighted by Crippen LogP contribution is -2.45. The van der Waals surface area contributed by atoms with Crippen molar-refractivity contribution in [1.82, 2.24) is 5.32 Å². The van der Waals surface area contributed by atoms with Crippen molar-refractivity contribution in [1.29, 1.82) is 0 Å². The summed E-state index contributed by atoms with van der Waals surface area (Å²) in [5, 5.41) is 22.7. The molecule has 1 aliphatic heterocycles. The molecule has 8 heteroatoms. The van der Waals surface area contributed by atoms with Crippen molar-refractivity contribution in [3.8, 4) is 0 Å². The molecule has 0 spiro atoms. The Morgan fingerprint density at radius 3 is 2.48 bits per heavy atom. The topological polar surface area (TPSA) is 114 Å². The number of carboxylic acid groups (broad SMARTS) is 1. The van der Waals surface area contributed by atoms with Crippen LogP contribution in [-0.2, 0) is 19.0 Å². The molecule has 8 nitrogen and oxygen atoms in total. The molecule has 1 heterocycles. The van der Waals surface area contributed by atoms with E-state index in [9.17, 15) is 19.8 Å². The second-order valence-corrected chi connectivity index (χ2v) is 8.79. The van der Waals surface area contributed by atoms with E-state index >= 15 is 0 Å². The number of carboxylic acids is 1. The van der Waals surface area contributed by atoms with Crippen molar-refractivity contribution in [2.45, 2.75) is 90.8 Å². The first kappa shape index (κ1) is 25.4. The van der Waals surface area contributed by atoms with Gasteiger partial charge in [-0.05, 0) is 58.4 Å². The molecular weight excluding hydrogens is 378 g/mol. The molecule has 0 aromatic carbocycles. The minimum atomic E-state index is -1.16. The SMILES string of the molecule is CC(C)C[C@H](NC(=O)OC(C)(C)C)[C@@H](O)C=C(CCOC1CCCCO1)C(=O)O. The molecule has 29 heavy (non-hydrogen) atoms. The Kier molecular flexibility index (Phi) is 10.6. The molecular formula is C21H37NO7. The Balaban J connectivity index is 2.72. The maximum absolute atomic E-state index is 12.1. The third kappa shape index (κ3) is 11.2. The lowest BCUT2D eigenvalue weighted by atomic mass is 9.97. The maximum Gasteiger partial charge on any atom is 0.407 e. The van der Waals surface area contributed by atoms with Gasteiger partial charge in [-0.3, -0.25) is 0 Å². The zero-order valence-electron chi connectivity index (χ0n) is 18.3. The van der Waals surface area contributed by atoms with Gasteiger partial charge in [-0.25, -0.2) is 9.59 Å². The average Bonchev–Trinajstić information content (AvgIpc) is 2.59. The molecule has 1 aliphatic rings. The molecule has 168 valence electrons. The predicted molar refractivity (Wildman–Crippen MR) is 108 cm³/mol. The summed E-state index contributed by atoms with van der Waals surface area (Å²) >= 11 is 0. The Morgan fingerprint density at radius 1 is 1.28 bits per heavy atom. The lowest BCUT2D eigenvalue weighted by Gasteiger charge is -2.27. The van der Waals surface area contributed by atoms with Crippen LogP contribution < -0.4 is 5.32 Å². The second-order valence-electron chi connectivity index (χ2n) is 8.79. The molecule has 3 N–H and O–H groups in total. The van der Waals surface area contributed by atoms with Gasteiger partial charge >= 0.3 is 12.1 Å². The van der Waals surface area contributed by atoms with Gasteiger partial charge in [0.2, 0.25) is 0 Å². The van der Waals surface area contributed by atoms with E-state index in [2.05, 4.69) is 5.32 Å². The Labute approximate surface area is 173 Å². The van der Waals surface area contributed by atoms with Gasteiger partial charge < -0.3 is 29.7 Å². The van der Waals surface area contributed by atoms with E-state index < -0.39 is 29.8 Å². The van der Waals surface area contributed by atoms with Gasteiger partial charge in [0.05, 0.1) is 18.8 Å². The van der Waals surface area contributed by atoms with Crippen LogP contribution in [0, 0.1) is 5.92 Å². The van der Waals surface area contributed by atoms with Crippen LogP contribution in [0.2, 0.25) is 0 Å². The minimum Gasteiger partial charge on any atom is -0.478 e. The number of aliphatic hydroxyl groups is 1. The van der Waals surface area contributed by atoms with E-state index in [1.807, 2.05) is 13.8 Å². The quantitative estimate of drug-likeness (QED) is 0.469. The Bertz CT molecular complexity index is 548. The van der Waals surface area contributed by atoms with Crippen molar-refractivity contribution in [2.24, 2.45) is 5.92 Å². The van der Waals surface area contributed by atoms with E-state index in [1.54, 1.807) is 20.8 Å². The maximum atomic E-state index is 12.1. The predicted octanol–water partition coefficient (Wildman–Crippen LogP) is 3.23. The molecule has 0 saturated carbocycles. The number of hydrogen-bond acceptors (Lipinski definition) is 6. The van der Waals surface area contributed by atoms with Gasteiger partial charge in [-0.2, -0.15) is 0 Å². The number of aliphatic carboxylic acids is 1. The summed E-state index contributed by atoms with van der Waals surface area (Å²) in [6, 6.07) is -0.665. The number of carbonyl (C=O) groups is 2. The van der Waals surface area contributed by atoms with E-state index in [1.165, 1.54) is 6.08 Å². The number of nitrogens with one attached hydrogen (secondary N) is 1. The summed E-state index contributed by atoms with van der Waals surface area (Å²) in [5.74, 6) is -0.948. The average molecular weight is 416 g/mol. The van der Waals surface area contributed by atoms with Crippen molar-refractivity contribution in [3.63, 3.8) is 0 Å². The van der Waals surface area contributed by atoms with Crippen molar-refractivity contribution in [3.05, 3.63) is 11.6 Å².